The fraction of sp³-hybridized carbons (Fsp3) is 0.208. The highest BCUT2D eigenvalue weighted by molar-refractivity contribution is 14.1. The van der Waals surface area contributed by atoms with E-state index in [1.807, 2.05) is 18.2 Å². The van der Waals surface area contributed by atoms with Gasteiger partial charge in [0, 0.05) is 40.7 Å². The van der Waals surface area contributed by atoms with Crippen LogP contribution in [-0.2, 0) is 0 Å². The largest absolute Gasteiger partial charge is 0.322 e. The number of hydrogen-bond donors (Lipinski definition) is 3. The second-order valence-corrected chi connectivity index (χ2v) is 9.51. The monoisotopic (exact) mass is 575 g/mol. The van der Waals surface area contributed by atoms with Crippen LogP contribution in [0.4, 0.5) is 11.4 Å². The number of likely N-dealkylation sites (N-methyl/N-ethyl adjacent to an activating group) is 1. The van der Waals surface area contributed by atoms with Crippen LogP contribution in [0, 0.1) is 3.57 Å². The van der Waals surface area contributed by atoms with Crippen molar-refractivity contribution in [2.75, 3.05) is 37.3 Å². The Morgan fingerprint density at radius 2 is 1.91 bits per heavy atom. The molecule has 1 aliphatic heterocycles. The van der Waals surface area contributed by atoms with Crippen molar-refractivity contribution in [2.24, 2.45) is 0 Å². The van der Waals surface area contributed by atoms with Gasteiger partial charge in [0.25, 0.3) is 11.8 Å². The van der Waals surface area contributed by atoms with Crippen LogP contribution in [0.2, 0.25) is 5.02 Å². The molecule has 2 amide bonds. The summed E-state index contributed by atoms with van der Waals surface area (Å²) in [5.41, 5.74) is 2.81. The molecule has 3 N–H and O–H groups in total. The number of rotatable bonds is 5. The third-order valence-electron chi connectivity index (χ3n) is 5.34. The van der Waals surface area contributed by atoms with E-state index in [0.29, 0.717) is 27.5 Å². The molecule has 1 aliphatic rings. The number of anilines is 2. The minimum absolute atomic E-state index is 0.149. The summed E-state index contributed by atoms with van der Waals surface area (Å²) in [4.78, 5) is 32.0. The first-order valence-corrected chi connectivity index (χ1v) is 11.9. The van der Waals surface area contributed by atoms with Crippen LogP contribution in [-0.4, -0.2) is 48.4 Å². The van der Waals surface area contributed by atoms with Crippen LogP contribution in [0.15, 0.2) is 60.8 Å². The lowest BCUT2D eigenvalue weighted by atomic mass is 10.1. The van der Waals surface area contributed by atoms with Gasteiger partial charge in [-0.25, -0.2) is 0 Å². The van der Waals surface area contributed by atoms with Crippen LogP contribution in [0.3, 0.4) is 0 Å². The van der Waals surface area contributed by atoms with E-state index in [4.69, 9.17) is 11.6 Å². The third kappa shape index (κ3) is 6.08. The maximum absolute atomic E-state index is 12.7. The molecule has 7 nitrogen and oxygen atoms in total. The Morgan fingerprint density at radius 1 is 1.09 bits per heavy atom. The average molecular weight is 576 g/mol. The van der Waals surface area contributed by atoms with Gasteiger partial charge in [-0.15, -0.1) is 0 Å². The first-order chi connectivity index (χ1) is 15.9. The van der Waals surface area contributed by atoms with E-state index in [-0.39, 0.29) is 17.9 Å². The molecule has 0 radical (unpaired) electrons. The van der Waals surface area contributed by atoms with E-state index in [2.05, 4.69) is 55.5 Å². The van der Waals surface area contributed by atoms with E-state index < -0.39 is 0 Å². The number of nitrogens with zero attached hydrogens (tertiary/aromatic N) is 2. The molecule has 1 saturated heterocycles. The van der Waals surface area contributed by atoms with Gasteiger partial charge < -0.3 is 20.9 Å². The molecule has 170 valence electrons. The number of carbonyl (C=O) groups is 2. The normalized spacial score (nSPS) is 16.3. The average Bonchev–Trinajstić information content (AvgIpc) is 2.81. The second kappa shape index (κ2) is 10.6. The lowest BCUT2D eigenvalue weighted by molar-refractivity contribution is 0.101. The Hall–Kier alpha value is -2.53. The van der Waals surface area contributed by atoms with Gasteiger partial charge in [0.1, 0.15) is 0 Å². The SMILES string of the molecule is CN1CCNC(c2ccc(C(=O)Nc3ccc(Cl)c(NC(=O)c4cccc(I)c4)c3)cn2)C1. The van der Waals surface area contributed by atoms with Crippen molar-refractivity contribution in [3.05, 3.63) is 86.2 Å². The van der Waals surface area contributed by atoms with E-state index in [1.54, 1.807) is 42.6 Å². The molecule has 4 rings (SSSR count). The Labute approximate surface area is 211 Å². The molecule has 0 spiro atoms. The highest BCUT2D eigenvalue weighted by atomic mass is 127. The predicted molar refractivity (Wildman–Crippen MR) is 139 cm³/mol. The number of nitrogens with one attached hydrogen (secondary N) is 3. The highest BCUT2D eigenvalue weighted by Gasteiger charge is 2.19. The zero-order chi connectivity index (χ0) is 23.4. The van der Waals surface area contributed by atoms with Crippen molar-refractivity contribution in [3.63, 3.8) is 0 Å². The molecule has 2 aromatic carbocycles. The van der Waals surface area contributed by atoms with Crippen LogP contribution in [0.5, 0.6) is 0 Å². The Balaban J connectivity index is 1.43. The van der Waals surface area contributed by atoms with E-state index in [1.165, 1.54) is 0 Å². The Kier molecular flexibility index (Phi) is 7.59. The minimum Gasteiger partial charge on any atom is -0.322 e. The van der Waals surface area contributed by atoms with Gasteiger partial charge in [-0.05, 0) is 78.2 Å². The molecule has 0 bridgehead atoms. The number of pyridine rings is 1. The summed E-state index contributed by atoms with van der Waals surface area (Å²) in [6.45, 7) is 2.79. The van der Waals surface area contributed by atoms with Gasteiger partial charge in [0.2, 0.25) is 0 Å². The summed E-state index contributed by atoms with van der Waals surface area (Å²) in [6.07, 6.45) is 1.58. The van der Waals surface area contributed by atoms with E-state index in [0.717, 1.165) is 28.9 Å². The molecule has 0 saturated carbocycles. The van der Waals surface area contributed by atoms with E-state index in [9.17, 15) is 9.59 Å². The lowest BCUT2D eigenvalue weighted by Gasteiger charge is -2.30. The fourth-order valence-electron chi connectivity index (χ4n) is 3.57. The smallest absolute Gasteiger partial charge is 0.257 e. The van der Waals surface area contributed by atoms with Crippen molar-refractivity contribution in [1.82, 2.24) is 15.2 Å². The number of carbonyl (C=O) groups excluding carboxylic acids is 2. The number of hydrogen-bond acceptors (Lipinski definition) is 5. The molecular weight excluding hydrogens is 553 g/mol. The Morgan fingerprint density at radius 3 is 2.64 bits per heavy atom. The van der Waals surface area contributed by atoms with Gasteiger partial charge in [0.05, 0.1) is 28.0 Å². The molecule has 1 aromatic heterocycles. The van der Waals surface area contributed by atoms with E-state index >= 15 is 0 Å². The quantitative estimate of drug-likeness (QED) is 0.392. The second-order valence-electron chi connectivity index (χ2n) is 7.85. The summed E-state index contributed by atoms with van der Waals surface area (Å²) >= 11 is 8.42. The van der Waals surface area contributed by atoms with Gasteiger partial charge in [-0.1, -0.05) is 17.7 Å². The number of piperazine rings is 1. The van der Waals surface area contributed by atoms with Crippen LogP contribution >= 0.6 is 34.2 Å². The first-order valence-electron chi connectivity index (χ1n) is 10.4. The first kappa shape index (κ1) is 23.6. The van der Waals surface area contributed by atoms with Gasteiger partial charge in [0.15, 0.2) is 0 Å². The maximum Gasteiger partial charge on any atom is 0.257 e. The lowest BCUT2D eigenvalue weighted by Crippen LogP contribution is -2.44. The number of aromatic nitrogens is 1. The van der Waals surface area contributed by atoms with Crippen molar-refractivity contribution in [2.45, 2.75) is 6.04 Å². The zero-order valence-corrected chi connectivity index (χ0v) is 20.9. The van der Waals surface area contributed by atoms with Gasteiger partial charge >= 0.3 is 0 Å². The third-order valence-corrected chi connectivity index (χ3v) is 6.34. The molecule has 1 fully saturated rings. The maximum atomic E-state index is 12.7. The summed E-state index contributed by atoms with van der Waals surface area (Å²) in [6, 6.07) is 16.0. The van der Waals surface area contributed by atoms with Crippen molar-refractivity contribution < 1.29 is 9.59 Å². The minimum atomic E-state index is -0.292. The molecule has 33 heavy (non-hydrogen) atoms. The molecule has 3 aromatic rings. The van der Waals surface area contributed by atoms with Crippen molar-refractivity contribution in [3.8, 4) is 0 Å². The summed E-state index contributed by atoms with van der Waals surface area (Å²) < 4.78 is 0.957. The fourth-order valence-corrected chi connectivity index (χ4v) is 4.28. The number of amides is 2. The number of benzene rings is 2. The van der Waals surface area contributed by atoms with Crippen molar-refractivity contribution in [1.29, 1.82) is 0 Å². The Bertz CT molecular complexity index is 1170. The van der Waals surface area contributed by atoms with Gasteiger partial charge in [-0.3, -0.25) is 14.6 Å². The highest BCUT2D eigenvalue weighted by Crippen LogP contribution is 2.27. The summed E-state index contributed by atoms with van der Waals surface area (Å²) in [5.74, 6) is -0.569. The molecule has 1 unspecified atom stereocenters. The molecule has 9 heteroatoms. The van der Waals surface area contributed by atoms with Crippen LogP contribution in [0.1, 0.15) is 32.5 Å². The zero-order valence-electron chi connectivity index (χ0n) is 17.9. The van der Waals surface area contributed by atoms with Gasteiger partial charge in [-0.2, -0.15) is 0 Å². The van der Waals surface area contributed by atoms with Crippen LogP contribution < -0.4 is 16.0 Å². The molecule has 2 heterocycles. The van der Waals surface area contributed by atoms with Crippen LogP contribution in [0.25, 0.3) is 0 Å². The standard InChI is InChI=1S/C24H23ClIN5O2/c1-31-10-9-27-22(14-31)20-8-5-16(13-28-20)24(33)29-18-6-7-19(25)21(12-18)30-23(32)15-3-2-4-17(26)11-15/h2-8,11-13,22,27H,9-10,14H2,1H3,(H,29,33)(H,30,32). The summed E-state index contributed by atoms with van der Waals surface area (Å²) in [5, 5.41) is 9.47. The number of halogens is 2. The summed E-state index contributed by atoms with van der Waals surface area (Å²) in [7, 11) is 2.08. The topological polar surface area (TPSA) is 86.4 Å². The molecule has 0 aliphatic carbocycles. The predicted octanol–water partition coefficient (Wildman–Crippen LogP) is 4.42. The van der Waals surface area contributed by atoms with Crippen molar-refractivity contribution >= 4 is 57.4 Å². The molecule has 1 atom stereocenters. The molecular formula is C24H23ClIN5O2.